The van der Waals surface area contributed by atoms with Gasteiger partial charge in [-0.3, -0.25) is 4.90 Å². The van der Waals surface area contributed by atoms with Crippen LogP contribution in [-0.2, 0) is 17.8 Å². The van der Waals surface area contributed by atoms with E-state index in [1.807, 2.05) is 35.1 Å². The molecule has 1 saturated heterocycles. The van der Waals surface area contributed by atoms with Gasteiger partial charge in [-0.25, -0.2) is 4.68 Å². The highest BCUT2D eigenvalue weighted by Crippen LogP contribution is 2.27. The van der Waals surface area contributed by atoms with Gasteiger partial charge in [-0.1, -0.05) is 58.8 Å². The SMILES string of the molecule is Cc1ccc(CN2CCOC2c2cn(Cc3cccc(Cl)c3)nn2)cc1. The fourth-order valence-corrected chi connectivity index (χ4v) is 3.41. The molecule has 134 valence electrons. The van der Waals surface area contributed by atoms with Crippen molar-refractivity contribution in [1.29, 1.82) is 0 Å². The number of aryl methyl sites for hydroxylation is 1. The third-order valence-electron chi connectivity index (χ3n) is 4.54. The molecule has 0 amide bonds. The highest BCUT2D eigenvalue weighted by Gasteiger charge is 2.29. The average molecular weight is 369 g/mol. The predicted molar refractivity (Wildman–Crippen MR) is 101 cm³/mol. The lowest BCUT2D eigenvalue weighted by molar-refractivity contribution is 0.0252. The number of aromatic nitrogens is 3. The van der Waals surface area contributed by atoms with Crippen LogP contribution in [0, 0.1) is 6.92 Å². The summed E-state index contributed by atoms with van der Waals surface area (Å²) in [4.78, 5) is 2.29. The average Bonchev–Trinajstić information content (AvgIpc) is 3.26. The number of benzene rings is 2. The van der Waals surface area contributed by atoms with Crippen molar-refractivity contribution in [2.45, 2.75) is 26.2 Å². The maximum Gasteiger partial charge on any atom is 0.157 e. The summed E-state index contributed by atoms with van der Waals surface area (Å²) in [7, 11) is 0. The summed E-state index contributed by atoms with van der Waals surface area (Å²) in [5.74, 6) is 0. The topological polar surface area (TPSA) is 43.2 Å². The molecule has 1 atom stereocenters. The Hall–Kier alpha value is -2.21. The molecule has 6 heteroatoms. The summed E-state index contributed by atoms with van der Waals surface area (Å²) in [6, 6.07) is 16.4. The van der Waals surface area contributed by atoms with Gasteiger partial charge in [0, 0.05) is 18.1 Å². The van der Waals surface area contributed by atoms with Crippen LogP contribution in [0.3, 0.4) is 0 Å². The zero-order valence-corrected chi connectivity index (χ0v) is 15.4. The van der Waals surface area contributed by atoms with Crippen LogP contribution < -0.4 is 0 Å². The van der Waals surface area contributed by atoms with Gasteiger partial charge in [-0.2, -0.15) is 0 Å². The summed E-state index contributed by atoms with van der Waals surface area (Å²) >= 11 is 6.05. The molecule has 3 aromatic rings. The second kappa shape index (κ2) is 7.58. The Balaban J connectivity index is 1.46. The number of rotatable bonds is 5. The van der Waals surface area contributed by atoms with E-state index in [4.69, 9.17) is 16.3 Å². The first-order chi connectivity index (χ1) is 12.7. The second-order valence-electron chi connectivity index (χ2n) is 6.65. The third-order valence-corrected chi connectivity index (χ3v) is 4.77. The first kappa shape index (κ1) is 17.2. The van der Waals surface area contributed by atoms with E-state index in [1.54, 1.807) is 0 Å². The van der Waals surface area contributed by atoms with Crippen LogP contribution in [0.25, 0.3) is 0 Å². The van der Waals surface area contributed by atoms with E-state index in [9.17, 15) is 0 Å². The van der Waals surface area contributed by atoms with E-state index in [0.29, 0.717) is 13.2 Å². The van der Waals surface area contributed by atoms with Crippen molar-refractivity contribution in [2.75, 3.05) is 13.2 Å². The third kappa shape index (κ3) is 3.96. The lowest BCUT2D eigenvalue weighted by Gasteiger charge is -2.21. The summed E-state index contributed by atoms with van der Waals surface area (Å²) in [6.07, 6.45) is 1.81. The van der Waals surface area contributed by atoms with Gasteiger partial charge in [0.1, 0.15) is 5.69 Å². The molecular weight excluding hydrogens is 348 g/mol. The van der Waals surface area contributed by atoms with Crippen molar-refractivity contribution in [2.24, 2.45) is 0 Å². The minimum Gasteiger partial charge on any atom is -0.356 e. The summed E-state index contributed by atoms with van der Waals surface area (Å²) in [5, 5.41) is 9.32. The van der Waals surface area contributed by atoms with E-state index < -0.39 is 0 Å². The molecule has 1 aromatic heterocycles. The first-order valence-corrected chi connectivity index (χ1v) is 9.11. The van der Waals surface area contributed by atoms with Crippen molar-refractivity contribution in [3.05, 3.63) is 82.1 Å². The highest BCUT2D eigenvalue weighted by molar-refractivity contribution is 6.30. The van der Waals surface area contributed by atoms with Gasteiger partial charge in [0.05, 0.1) is 19.3 Å². The lowest BCUT2D eigenvalue weighted by atomic mass is 10.1. The molecule has 1 aliphatic heterocycles. The molecule has 1 unspecified atom stereocenters. The zero-order valence-electron chi connectivity index (χ0n) is 14.7. The van der Waals surface area contributed by atoms with Crippen LogP contribution in [0.1, 0.15) is 28.6 Å². The van der Waals surface area contributed by atoms with E-state index in [2.05, 4.69) is 46.4 Å². The molecule has 0 aliphatic carbocycles. The minimum atomic E-state index is -0.149. The standard InChI is InChI=1S/C20H21ClN4O/c1-15-5-7-16(8-6-15)12-24-9-10-26-20(24)19-14-25(23-22-19)13-17-3-2-4-18(21)11-17/h2-8,11,14,20H,9-10,12-13H2,1H3. The second-order valence-corrected chi connectivity index (χ2v) is 7.09. The first-order valence-electron chi connectivity index (χ1n) is 8.73. The van der Waals surface area contributed by atoms with Gasteiger partial charge in [0.15, 0.2) is 6.23 Å². The van der Waals surface area contributed by atoms with Gasteiger partial charge in [0.25, 0.3) is 0 Å². The molecular formula is C20H21ClN4O. The van der Waals surface area contributed by atoms with Crippen molar-refractivity contribution in [1.82, 2.24) is 19.9 Å². The zero-order chi connectivity index (χ0) is 17.9. The van der Waals surface area contributed by atoms with E-state index in [-0.39, 0.29) is 6.23 Å². The van der Waals surface area contributed by atoms with Gasteiger partial charge in [0.2, 0.25) is 0 Å². The molecule has 0 saturated carbocycles. The van der Waals surface area contributed by atoms with Gasteiger partial charge in [-0.15, -0.1) is 5.10 Å². The number of ether oxygens (including phenoxy) is 1. The fourth-order valence-electron chi connectivity index (χ4n) is 3.19. The van der Waals surface area contributed by atoms with Crippen LogP contribution >= 0.6 is 11.6 Å². The quantitative estimate of drug-likeness (QED) is 0.686. The number of hydrogen-bond acceptors (Lipinski definition) is 4. The molecule has 2 aromatic carbocycles. The van der Waals surface area contributed by atoms with E-state index >= 15 is 0 Å². The number of halogens is 1. The Kier molecular flexibility index (Phi) is 5.02. The van der Waals surface area contributed by atoms with Crippen LogP contribution in [0.2, 0.25) is 5.02 Å². The Morgan fingerprint density at radius 2 is 1.96 bits per heavy atom. The van der Waals surface area contributed by atoms with E-state index in [0.717, 1.165) is 29.4 Å². The maximum atomic E-state index is 6.05. The lowest BCUT2D eigenvalue weighted by Crippen LogP contribution is -2.23. The van der Waals surface area contributed by atoms with Crippen LogP contribution in [0.4, 0.5) is 0 Å². The minimum absolute atomic E-state index is 0.149. The molecule has 2 heterocycles. The number of nitrogens with zero attached hydrogens (tertiary/aromatic N) is 4. The maximum absolute atomic E-state index is 6.05. The monoisotopic (exact) mass is 368 g/mol. The fraction of sp³-hybridized carbons (Fsp3) is 0.300. The van der Waals surface area contributed by atoms with Crippen molar-refractivity contribution < 1.29 is 4.74 Å². The van der Waals surface area contributed by atoms with Gasteiger partial charge < -0.3 is 4.74 Å². The molecule has 1 aliphatic rings. The van der Waals surface area contributed by atoms with Gasteiger partial charge in [-0.05, 0) is 30.2 Å². The summed E-state index contributed by atoms with van der Waals surface area (Å²) < 4.78 is 7.75. The number of hydrogen-bond donors (Lipinski definition) is 0. The Morgan fingerprint density at radius 1 is 1.12 bits per heavy atom. The Bertz CT molecular complexity index is 878. The van der Waals surface area contributed by atoms with Crippen LogP contribution in [0.15, 0.2) is 54.7 Å². The molecule has 0 spiro atoms. The smallest absolute Gasteiger partial charge is 0.157 e. The molecule has 26 heavy (non-hydrogen) atoms. The summed E-state index contributed by atoms with van der Waals surface area (Å²) in [5.41, 5.74) is 4.48. The molecule has 1 fully saturated rings. The molecule has 5 nitrogen and oxygen atoms in total. The molecule has 4 rings (SSSR count). The summed E-state index contributed by atoms with van der Waals surface area (Å²) in [6.45, 7) is 5.17. The van der Waals surface area contributed by atoms with Gasteiger partial charge >= 0.3 is 0 Å². The predicted octanol–water partition coefficient (Wildman–Crippen LogP) is 3.82. The Morgan fingerprint density at radius 3 is 2.77 bits per heavy atom. The van der Waals surface area contributed by atoms with Crippen LogP contribution in [-0.4, -0.2) is 33.0 Å². The van der Waals surface area contributed by atoms with E-state index in [1.165, 1.54) is 11.1 Å². The van der Waals surface area contributed by atoms with Crippen LogP contribution in [0.5, 0.6) is 0 Å². The van der Waals surface area contributed by atoms with Crippen molar-refractivity contribution in [3.8, 4) is 0 Å². The largest absolute Gasteiger partial charge is 0.356 e. The molecule has 0 N–H and O–H groups in total. The molecule has 0 bridgehead atoms. The molecule has 0 radical (unpaired) electrons. The Labute approximate surface area is 158 Å². The highest BCUT2D eigenvalue weighted by atomic mass is 35.5. The normalized spacial score (nSPS) is 17.7. The van der Waals surface area contributed by atoms with Crippen molar-refractivity contribution in [3.63, 3.8) is 0 Å². The van der Waals surface area contributed by atoms with Crippen molar-refractivity contribution >= 4 is 11.6 Å².